The third kappa shape index (κ3) is 4.36. The molecule has 1 aliphatic heterocycles. The Labute approximate surface area is 147 Å². The molecule has 5 heteroatoms. The number of carbonyl (C=O) groups is 1. The number of thiophene rings is 1. The topological polar surface area (TPSA) is 41.6 Å². The molecule has 0 unspecified atom stereocenters. The smallest absolute Gasteiger partial charge is 0.252 e. The van der Waals surface area contributed by atoms with Crippen molar-refractivity contribution < 1.29 is 9.53 Å². The van der Waals surface area contributed by atoms with E-state index in [0.29, 0.717) is 12.6 Å². The number of rotatable bonds is 5. The second-order valence-corrected chi connectivity index (χ2v) is 7.16. The summed E-state index contributed by atoms with van der Waals surface area (Å²) in [6.07, 6.45) is 2.47. The van der Waals surface area contributed by atoms with Gasteiger partial charge in [-0.3, -0.25) is 4.79 Å². The summed E-state index contributed by atoms with van der Waals surface area (Å²) in [5.74, 6) is 0.897. The first-order valence-corrected chi connectivity index (χ1v) is 9.31. The predicted octanol–water partition coefficient (Wildman–Crippen LogP) is 3.46. The fourth-order valence-electron chi connectivity index (χ4n) is 2.85. The molecule has 0 bridgehead atoms. The lowest BCUT2D eigenvalue weighted by Gasteiger charge is -2.29. The van der Waals surface area contributed by atoms with E-state index in [9.17, 15) is 4.79 Å². The van der Waals surface area contributed by atoms with E-state index >= 15 is 0 Å². The molecular formula is C19H24N2O2S. The van der Waals surface area contributed by atoms with E-state index in [1.807, 2.05) is 41.9 Å². The van der Waals surface area contributed by atoms with E-state index in [1.54, 1.807) is 11.3 Å². The third-order valence-electron chi connectivity index (χ3n) is 4.44. The highest BCUT2D eigenvalue weighted by atomic mass is 32.1. The summed E-state index contributed by atoms with van der Waals surface area (Å²) < 4.78 is 6.05. The Hall–Kier alpha value is -1.85. The van der Waals surface area contributed by atoms with E-state index < -0.39 is 0 Å². The Balaban J connectivity index is 1.49. The molecule has 1 fully saturated rings. The molecule has 4 nitrogen and oxygen atoms in total. The molecule has 2 heterocycles. The zero-order valence-electron chi connectivity index (χ0n) is 14.2. The van der Waals surface area contributed by atoms with Crippen LogP contribution >= 0.6 is 11.3 Å². The Morgan fingerprint density at radius 3 is 2.58 bits per heavy atom. The van der Waals surface area contributed by atoms with Gasteiger partial charge >= 0.3 is 0 Å². The standard InChI is InChI=1S/C19H24N2O2S/c1-14-12-24-13-18(14)19(22)20-11-15-3-5-16(6-4-15)23-17-7-9-21(2)10-8-17/h3-6,12-13,17H,7-11H2,1-2H3,(H,20,22). The van der Waals surface area contributed by atoms with Crippen molar-refractivity contribution in [3.8, 4) is 5.75 Å². The number of aryl methyl sites for hydroxylation is 1. The number of ether oxygens (including phenoxy) is 1. The Morgan fingerprint density at radius 2 is 1.96 bits per heavy atom. The van der Waals surface area contributed by atoms with E-state index in [2.05, 4.69) is 17.3 Å². The van der Waals surface area contributed by atoms with Crippen LogP contribution in [0.4, 0.5) is 0 Å². The minimum Gasteiger partial charge on any atom is -0.490 e. The molecule has 1 aliphatic rings. The maximum Gasteiger partial charge on any atom is 0.252 e. The number of piperidine rings is 1. The van der Waals surface area contributed by atoms with E-state index in [4.69, 9.17) is 4.74 Å². The van der Waals surface area contributed by atoms with Gasteiger partial charge in [-0.05, 0) is 55.5 Å². The van der Waals surface area contributed by atoms with Crippen molar-refractivity contribution in [3.05, 3.63) is 51.7 Å². The monoisotopic (exact) mass is 344 g/mol. The number of benzene rings is 1. The van der Waals surface area contributed by atoms with Gasteiger partial charge in [0.2, 0.25) is 0 Å². The second kappa shape index (κ2) is 7.81. The van der Waals surface area contributed by atoms with Crippen molar-refractivity contribution in [2.45, 2.75) is 32.4 Å². The largest absolute Gasteiger partial charge is 0.490 e. The molecule has 0 spiro atoms. The molecule has 1 aromatic heterocycles. The molecule has 128 valence electrons. The van der Waals surface area contributed by atoms with Crippen LogP contribution in [0.1, 0.15) is 34.3 Å². The predicted molar refractivity (Wildman–Crippen MR) is 97.8 cm³/mol. The molecule has 1 N–H and O–H groups in total. The molecule has 24 heavy (non-hydrogen) atoms. The maximum atomic E-state index is 12.1. The first-order chi connectivity index (χ1) is 11.6. The summed E-state index contributed by atoms with van der Waals surface area (Å²) in [4.78, 5) is 14.5. The van der Waals surface area contributed by atoms with Gasteiger partial charge in [-0.15, -0.1) is 0 Å². The number of nitrogens with one attached hydrogen (secondary N) is 1. The van der Waals surface area contributed by atoms with Crippen molar-refractivity contribution in [3.63, 3.8) is 0 Å². The average Bonchev–Trinajstić information content (AvgIpc) is 3.02. The van der Waals surface area contributed by atoms with Crippen LogP contribution in [0.3, 0.4) is 0 Å². The fourth-order valence-corrected chi connectivity index (χ4v) is 3.68. The zero-order valence-corrected chi connectivity index (χ0v) is 15.1. The number of likely N-dealkylation sites (tertiary alicyclic amines) is 1. The highest BCUT2D eigenvalue weighted by Crippen LogP contribution is 2.19. The average molecular weight is 344 g/mol. The van der Waals surface area contributed by atoms with E-state index in [1.165, 1.54) is 0 Å². The second-order valence-electron chi connectivity index (χ2n) is 6.42. The van der Waals surface area contributed by atoms with Crippen LogP contribution in [-0.2, 0) is 6.54 Å². The van der Waals surface area contributed by atoms with Gasteiger partial charge in [0.15, 0.2) is 0 Å². The van der Waals surface area contributed by atoms with Gasteiger partial charge in [-0.1, -0.05) is 12.1 Å². The summed E-state index contributed by atoms with van der Waals surface area (Å²) in [6, 6.07) is 8.03. The van der Waals surface area contributed by atoms with Crippen LogP contribution in [0.2, 0.25) is 0 Å². The Bertz CT molecular complexity index is 673. The third-order valence-corrected chi connectivity index (χ3v) is 5.31. The molecule has 0 radical (unpaired) electrons. The van der Waals surface area contributed by atoms with E-state index in [0.717, 1.165) is 48.4 Å². The molecule has 3 rings (SSSR count). The Morgan fingerprint density at radius 1 is 1.25 bits per heavy atom. The quantitative estimate of drug-likeness (QED) is 0.903. The van der Waals surface area contributed by atoms with Crippen molar-refractivity contribution in [1.82, 2.24) is 10.2 Å². The van der Waals surface area contributed by atoms with Gasteiger partial charge in [0.25, 0.3) is 5.91 Å². The molecule has 2 aromatic rings. The van der Waals surface area contributed by atoms with Crippen LogP contribution in [0, 0.1) is 6.92 Å². The van der Waals surface area contributed by atoms with Crippen LogP contribution in [0.5, 0.6) is 5.75 Å². The highest BCUT2D eigenvalue weighted by molar-refractivity contribution is 7.08. The summed E-state index contributed by atoms with van der Waals surface area (Å²) in [7, 11) is 2.15. The van der Waals surface area contributed by atoms with E-state index in [-0.39, 0.29) is 5.91 Å². The zero-order chi connectivity index (χ0) is 16.9. The Kier molecular flexibility index (Phi) is 5.53. The van der Waals surface area contributed by atoms with Gasteiger partial charge in [0.05, 0.1) is 5.56 Å². The van der Waals surface area contributed by atoms with Gasteiger partial charge in [-0.2, -0.15) is 11.3 Å². The van der Waals surface area contributed by atoms with Crippen LogP contribution in [-0.4, -0.2) is 37.0 Å². The molecule has 1 aromatic carbocycles. The van der Waals surface area contributed by atoms with Crippen LogP contribution in [0.25, 0.3) is 0 Å². The summed E-state index contributed by atoms with van der Waals surface area (Å²) >= 11 is 1.55. The molecule has 0 atom stereocenters. The number of carbonyl (C=O) groups excluding carboxylic acids is 1. The summed E-state index contributed by atoms with van der Waals surface area (Å²) in [6.45, 7) is 4.68. The first kappa shape index (κ1) is 17.0. The summed E-state index contributed by atoms with van der Waals surface area (Å²) in [5, 5.41) is 6.85. The molecule has 0 aliphatic carbocycles. The highest BCUT2D eigenvalue weighted by Gasteiger charge is 2.17. The maximum absolute atomic E-state index is 12.1. The summed E-state index contributed by atoms with van der Waals surface area (Å²) in [5.41, 5.74) is 2.87. The number of hydrogen-bond donors (Lipinski definition) is 1. The molecule has 0 saturated carbocycles. The molecular weight excluding hydrogens is 320 g/mol. The van der Waals surface area contributed by atoms with Crippen molar-refractivity contribution in [2.75, 3.05) is 20.1 Å². The first-order valence-electron chi connectivity index (χ1n) is 8.37. The lowest BCUT2D eigenvalue weighted by molar-refractivity contribution is 0.0951. The van der Waals surface area contributed by atoms with Crippen molar-refractivity contribution in [2.24, 2.45) is 0 Å². The molecule has 1 amide bonds. The van der Waals surface area contributed by atoms with Gasteiger partial charge in [0, 0.05) is 25.0 Å². The van der Waals surface area contributed by atoms with Gasteiger partial charge in [-0.25, -0.2) is 0 Å². The van der Waals surface area contributed by atoms with Gasteiger partial charge < -0.3 is 15.0 Å². The van der Waals surface area contributed by atoms with Crippen molar-refractivity contribution >= 4 is 17.2 Å². The lowest BCUT2D eigenvalue weighted by atomic mass is 10.1. The normalized spacial score (nSPS) is 16.1. The minimum atomic E-state index is -0.0135. The molecule has 1 saturated heterocycles. The number of nitrogens with zero attached hydrogens (tertiary/aromatic N) is 1. The van der Waals surface area contributed by atoms with Gasteiger partial charge in [0.1, 0.15) is 11.9 Å². The fraction of sp³-hybridized carbons (Fsp3) is 0.421. The van der Waals surface area contributed by atoms with Crippen LogP contribution in [0.15, 0.2) is 35.0 Å². The van der Waals surface area contributed by atoms with Crippen molar-refractivity contribution in [1.29, 1.82) is 0 Å². The van der Waals surface area contributed by atoms with Crippen LogP contribution < -0.4 is 10.1 Å². The minimum absolute atomic E-state index is 0.0135. The number of amides is 1. The number of hydrogen-bond acceptors (Lipinski definition) is 4. The SMILES string of the molecule is Cc1cscc1C(=O)NCc1ccc(OC2CCN(C)CC2)cc1. The lowest BCUT2D eigenvalue weighted by Crippen LogP contribution is -2.35.